The number of halogens is 2. The van der Waals surface area contributed by atoms with Crippen molar-refractivity contribution in [2.24, 2.45) is 0 Å². The van der Waals surface area contributed by atoms with Crippen LogP contribution < -0.4 is 9.62 Å². The Kier molecular flexibility index (Phi) is 9.01. The molecule has 0 saturated heterocycles. The zero-order valence-corrected chi connectivity index (χ0v) is 22.4. The fourth-order valence-electron chi connectivity index (χ4n) is 4.03. The number of rotatable bonds is 9. The molecule has 0 aliphatic heterocycles. The van der Waals surface area contributed by atoms with Crippen LogP contribution in [0.5, 0.6) is 0 Å². The highest BCUT2D eigenvalue weighted by Crippen LogP contribution is 2.22. The summed E-state index contributed by atoms with van der Waals surface area (Å²) in [5.74, 6) is -0.720. The first-order valence-corrected chi connectivity index (χ1v) is 14.1. The summed E-state index contributed by atoms with van der Waals surface area (Å²) in [6, 6.07) is 13.0. The van der Waals surface area contributed by atoms with Gasteiger partial charge in [0.15, 0.2) is 0 Å². The summed E-state index contributed by atoms with van der Waals surface area (Å²) >= 11 is 9.38. The highest BCUT2D eigenvalue weighted by atomic mass is 79.9. The van der Waals surface area contributed by atoms with Gasteiger partial charge < -0.3 is 10.2 Å². The molecule has 0 heterocycles. The Labute approximate surface area is 214 Å². The Balaban J connectivity index is 1.87. The van der Waals surface area contributed by atoms with E-state index in [1.54, 1.807) is 31.2 Å². The molecule has 7 nitrogen and oxygen atoms in total. The van der Waals surface area contributed by atoms with Gasteiger partial charge in [-0.3, -0.25) is 13.9 Å². The second-order valence-electron chi connectivity index (χ2n) is 8.56. The topological polar surface area (TPSA) is 86.8 Å². The number of sulfonamides is 1. The molecule has 184 valence electrons. The second kappa shape index (κ2) is 11.6. The number of hydrogen-bond acceptors (Lipinski definition) is 4. The first kappa shape index (κ1) is 26.5. The maximum atomic E-state index is 13.5. The molecule has 3 rings (SSSR count). The monoisotopic (exact) mass is 569 g/mol. The lowest BCUT2D eigenvalue weighted by Crippen LogP contribution is -2.52. The molecule has 1 aliphatic carbocycles. The number of amides is 2. The second-order valence-corrected chi connectivity index (χ2v) is 11.8. The molecule has 1 atom stereocenters. The van der Waals surface area contributed by atoms with E-state index in [1.807, 2.05) is 24.3 Å². The summed E-state index contributed by atoms with van der Waals surface area (Å²) in [7, 11) is -3.77. The summed E-state index contributed by atoms with van der Waals surface area (Å²) in [5, 5.41) is 3.50. The summed E-state index contributed by atoms with van der Waals surface area (Å²) in [6.45, 7) is 1.40. The minimum Gasteiger partial charge on any atom is -0.352 e. The zero-order chi connectivity index (χ0) is 24.9. The highest BCUT2D eigenvalue weighted by molar-refractivity contribution is 9.10. The number of carbonyl (C=O) groups is 2. The van der Waals surface area contributed by atoms with Crippen molar-refractivity contribution in [3.05, 3.63) is 63.6 Å². The van der Waals surface area contributed by atoms with E-state index in [0.717, 1.165) is 46.3 Å². The van der Waals surface area contributed by atoms with Crippen molar-refractivity contribution < 1.29 is 18.0 Å². The average Bonchev–Trinajstić information content (AvgIpc) is 3.28. The van der Waals surface area contributed by atoms with E-state index in [-0.39, 0.29) is 18.5 Å². The van der Waals surface area contributed by atoms with Crippen LogP contribution in [0.25, 0.3) is 0 Å². The predicted octanol–water partition coefficient (Wildman–Crippen LogP) is 4.34. The number of carbonyl (C=O) groups excluding carboxylic acids is 2. The van der Waals surface area contributed by atoms with Crippen molar-refractivity contribution in [2.45, 2.75) is 51.2 Å². The van der Waals surface area contributed by atoms with Crippen molar-refractivity contribution in [1.82, 2.24) is 10.2 Å². The van der Waals surface area contributed by atoms with Crippen molar-refractivity contribution >= 4 is 55.1 Å². The van der Waals surface area contributed by atoms with E-state index >= 15 is 0 Å². The minimum absolute atomic E-state index is 0.111. The van der Waals surface area contributed by atoms with Crippen LogP contribution in [0.2, 0.25) is 5.02 Å². The molecule has 10 heteroatoms. The lowest BCUT2D eigenvalue weighted by atomic mass is 10.1. The van der Waals surface area contributed by atoms with E-state index < -0.39 is 28.5 Å². The highest BCUT2D eigenvalue weighted by Gasteiger charge is 2.31. The van der Waals surface area contributed by atoms with Crippen LogP contribution in [0.1, 0.15) is 38.2 Å². The number of nitrogens with one attached hydrogen (secondary N) is 1. The summed E-state index contributed by atoms with van der Waals surface area (Å²) in [5.41, 5.74) is 1.14. The summed E-state index contributed by atoms with van der Waals surface area (Å²) in [4.78, 5) is 28.0. The van der Waals surface area contributed by atoms with E-state index in [1.165, 1.54) is 4.90 Å². The first-order valence-electron chi connectivity index (χ1n) is 11.1. The third-order valence-electron chi connectivity index (χ3n) is 5.90. The van der Waals surface area contributed by atoms with E-state index in [9.17, 15) is 18.0 Å². The van der Waals surface area contributed by atoms with Gasteiger partial charge in [-0.15, -0.1) is 0 Å². The van der Waals surface area contributed by atoms with Crippen molar-refractivity contribution in [3.63, 3.8) is 0 Å². The molecule has 0 aromatic heterocycles. The molecule has 34 heavy (non-hydrogen) atoms. The van der Waals surface area contributed by atoms with Crippen LogP contribution in [0.15, 0.2) is 53.0 Å². The lowest BCUT2D eigenvalue weighted by Gasteiger charge is -2.32. The number of benzene rings is 2. The molecule has 2 amide bonds. The van der Waals surface area contributed by atoms with Gasteiger partial charge in [0.25, 0.3) is 0 Å². The Morgan fingerprint density at radius 2 is 1.79 bits per heavy atom. The number of anilines is 1. The van der Waals surface area contributed by atoms with Gasteiger partial charge in [0.2, 0.25) is 21.8 Å². The summed E-state index contributed by atoms with van der Waals surface area (Å²) < 4.78 is 27.0. The van der Waals surface area contributed by atoms with Gasteiger partial charge >= 0.3 is 0 Å². The van der Waals surface area contributed by atoms with Gasteiger partial charge in [-0.05, 0) is 61.7 Å². The zero-order valence-electron chi connectivity index (χ0n) is 19.2. The van der Waals surface area contributed by atoms with Gasteiger partial charge in [0.05, 0.1) is 11.9 Å². The Bertz CT molecular complexity index is 1120. The predicted molar refractivity (Wildman–Crippen MR) is 138 cm³/mol. The van der Waals surface area contributed by atoms with Gasteiger partial charge in [-0.1, -0.05) is 52.5 Å². The molecule has 1 fully saturated rings. The van der Waals surface area contributed by atoms with Crippen LogP contribution in [-0.2, 0) is 26.2 Å². The Morgan fingerprint density at radius 1 is 1.15 bits per heavy atom. The van der Waals surface area contributed by atoms with Crippen LogP contribution >= 0.6 is 27.5 Å². The van der Waals surface area contributed by atoms with Gasteiger partial charge in [-0.25, -0.2) is 8.42 Å². The van der Waals surface area contributed by atoms with Gasteiger partial charge in [0.1, 0.15) is 12.6 Å². The van der Waals surface area contributed by atoms with Crippen molar-refractivity contribution in [2.75, 3.05) is 17.1 Å². The molecule has 0 spiro atoms. The van der Waals surface area contributed by atoms with Crippen LogP contribution in [0, 0.1) is 0 Å². The largest absolute Gasteiger partial charge is 0.352 e. The number of hydrogen-bond donors (Lipinski definition) is 1. The van der Waals surface area contributed by atoms with Gasteiger partial charge in [-0.2, -0.15) is 0 Å². The maximum Gasteiger partial charge on any atom is 0.244 e. The quantitative estimate of drug-likeness (QED) is 0.486. The minimum atomic E-state index is -3.77. The smallest absolute Gasteiger partial charge is 0.244 e. The molecule has 2 aromatic carbocycles. The Morgan fingerprint density at radius 3 is 2.38 bits per heavy atom. The standard InChI is InChI=1S/C24H29BrClN3O4S/c1-17(24(31)27-21-8-3-4-9-21)28(15-18-6-5-7-19(25)14-18)23(30)16-29(34(2,32)33)22-12-10-20(26)11-13-22/h5-7,10-14,17,21H,3-4,8-9,15-16H2,1-2H3,(H,27,31). The summed E-state index contributed by atoms with van der Waals surface area (Å²) in [6.07, 6.45) is 5.05. The van der Waals surface area contributed by atoms with Crippen molar-refractivity contribution in [3.8, 4) is 0 Å². The average molecular weight is 571 g/mol. The molecule has 1 N–H and O–H groups in total. The first-order chi connectivity index (χ1) is 16.0. The fourth-order valence-corrected chi connectivity index (χ4v) is 5.45. The normalized spacial score (nSPS) is 15.1. The maximum absolute atomic E-state index is 13.5. The molecule has 0 bridgehead atoms. The molecule has 0 radical (unpaired) electrons. The van der Waals surface area contributed by atoms with E-state index in [4.69, 9.17) is 11.6 Å². The SMILES string of the molecule is CC(C(=O)NC1CCCC1)N(Cc1cccc(Br)c1)C(=O)CN(c1ccc(Cl)cc1)S(C)(=O)=O. The fraction of sp³-hybridized carbons (Fsp3) is 0.417. The number of nitrogens with zero attached hydrogens (tertiary/aromatic N) is 2. The molecular formula is C24H29BrClN3O4S. The molecule has 2 aromatic rings. The van der Waals surface area contributed by atoms with Crippen LogP contribution in [0.4, 0.5) is 5.69 Å². The molecule has 1 unspecified atom stereocenters. The lowest BCUT2D eigenvalue weighted by molar-refractivity contribution is -0.139. The molecular weight excluding hydrogens is 542 g/mol. The van der Waals surface area contributed by atoms with Crippen molar-refractivity contribution in [1.29, 1.82) is 0 Å². The van der Waals surface area contributed by atoms with E-state index in [0.29, 0.717) is 10.7 Å². The van der Waals surface area contributed by atoms with E-state index in [2.05, 4.69) is 21.2 Å². The molecule has 1 saturated carbocycles. The molecule has 1 aliphatic rings. The van der Waals surface area contributed by atoms with Gasteiger partial charge in [0, 0.05) is 22.1 Å². The van der Waals surface area contributed by atoms with Crippen LogP contribution in [-0.4, -0.2) is 50.0 Å². The third-order valence-corrected chi connectivity index (χ3v) is 7.79. The Hall–Kier alpha value is -2.10. The van der Waals surface area contributed by atoms with Crippen LogP contribution in [0.3, 0.4) is 0 Å². The third kappa shape index (κ3) is 7.20.